The number of nitrogens with two attached hydrogens (primary N) is 1. The SMILES string of the molecule is Cc1cc(C)c(S(=O)(=O)N2Cc3ccccc3CC2C(=O)CCc2ccc(C(N)=O)cc2)c(C)c1. The zero-order chi connectivity index (χ0) is 25.3. The fourth-order valence-corrected chi connectivity index (χ4v) is 6.99. The Morgan fingerprint density at radius 2 is 1.54 bits per heavy atom. The van der Waals surface area contributed by atoms with Crippen LogP contribution in [0.15, 0.2) is 65.6 Å². The number of aryl methyl sites for hydroxylation is 4. The van der Waals surface area contributed by atoms with Gasteiger partial charge in [-0.1, -0.05) is 54.1 Å². The number of carbonyl (C=O) groups excluding carboxylic acids is 2. The van der Waals surface area contributed by atoms with Crippen LogP contribution in [0.2, 0.25) is 0 Å². The Hall–Kier alpha value is -3.29. The molecule has 0 aromatic heterocycles. The third-order valence-corrected chi connectivity index (χ3v) is 8.81. The Morgan fingerprint density at radius 1 is 0.943 bits per heavy atom. The zero-order valence-electron chi connectivity index (χ0n) is 20.2. The molecular weight excluding hydrogens is 460 g/mol. The number of hydrogen-bond donors (Lipinski definition) is 1. The Bertz CT molecular complexity index is 1370. The molecule has 1 unspecified atom stereocenters. The van der Waals surface area contributed by atoms with Crippen LogP contribution in [0.5, 0.6) is 0 Å². The molecule has 1 atom stereocenters. The minimum atomic E-state index is -3.91. The van der Waals surface area contributed by atoms with E-state index in [1.165, 1.54) is 4.31 Å². The second kappa shape index (κ2) is 9.76. The standard InChI is InChI=1S/C28H30N2O4S/c1-18-14-19(2)27(20(3)15-18)35(33,34)30-17-24-7-5-4-6-23(24)16-25(30)26(31)13-10-21-8-11-22(12-9-21)28(29)32/h4-9,11-12,14-15,25H,10,13,16-17H2,1-3H3,(H2,29,32). The van der Waals surface area contributed by atoms with Crippen LogP contribution in [-0.4, -0.2) is 30.5 Å². The van der Waals surface area contributed by atoms with Crippen molar-refractivity contribution >= 4 is 21.7 Å². The Balaban J connectivity index is 1.65. The molecule has 182 valence electrons. The number of nitrogens with zero attached hydrogens (tertiary/aromatic N) is 1. The third kappa shape index (κ3) is 5.06. The maximum Gasteiger partial charge on any atom is 0.248 e. The number of carbonyl (C=O) groups is 2. The number of ketones is 1. The number of primary amides is 1. The summed E-state index contributed by atoms with van der Waals surface area (Å²) in [5.41, 5.74) is 10.9. The van der Waals surface area contributed by atoms with Crippen molar-refractivity contribution in [1.29, 1.82) is 0 Å². The van der Waals surface area contributed by atoms with Crippen LogP contribution >= 0.6 is 0 Å². The normalized spacial score (nSPS) is 16.0. The molecule has 1 aliphatic rings. The molecule has 0 spiro atoms. The number of sulfonamides is 1. The number of Topliss-reactive ketones (excluding diaryl/α,β-unsaturated/α-hetero) is 1. The summed E-state index contributed by atoms with van der Waals surface area (Å²) in [6.07, 6.45) is 0.992. The van der Waals surface area contributed by atoms with Crippen LogP contribution in [-0.2, 0) is 34.2 Å². The van der Waals surface area contributed by atoms with Crippen molar-refractivity contribution in [3.63, 3.8) is 0 Å². The van der Waals surface area contributed by atoms with Gasteiger partial charge in [-0.3, -0.25) is 9.59 Å². The molecule has 35 heavy (non-hydrogen) atoms. The van der Waals surface area contributed by atoms with Gasteiger partial charge in [-0.05, 0) is 73.6 Å². The molecule has 0 fully saturated rings. The van der Waals surface area contributed by atoms with Crippen molar-refractivity contribution in [2.24, 2.45) is 5.73 Å². The number of benzene rings is 3. The number of fused-ring (bicyclic) bond motifs is 1. The van der Waals surface area contributed by atoms with E-state index in [0.717, 1.165) is 22.3 Å². The molecule has 0 bridgehead atoms. The summed E-state index contributed by atoms with van der Waals surface area (Å²) in [4.78, 5) is 25.1. The lowest BCUT2D eigenvalue weighted by Crippen LogP contribution is -2.48. The number of rotatable bonds is 7. The van der Waals surface area contributed by atoms with E-state index < -0.39 is 22.0 Å². The summed E-state index contributed by atoms with van der Waals surface area (Å²) < 4.78 is 29.3. The summed E-state index contributed by atoms with van der Waals surface area (Å²) in [5, 5.41) is 0. The van der Waals surface area contributed by atoms with Gasteiger partial charge in [-0.25, -0.2) is 8.42 Å². The summed E-state index contributed by atoms with van der Waals surface area (Å²) in [6, 6.07) is 17.5. The molecule has 7 heteroatoms. The molecule has 1 amide bonds. The predicted molar refractivity (Wildman–Crippen MR) is 136 cm³/mol. The molecular formula is C28H30N2O4S. The van der Waals surface area contributed by atoms with Gasteiger partial charge in [-0.2, -0.15) is 4.31 Å². The van der Waals surface area contributed by atoms with E-state index in [9.17, 15) is 18.0 Å². The Morgan fingerprint density at radius 3 is 2.14 bits per heavy atom. The van der Waals surface area contributed by atoms with Gasteiger partial charge in [0.1, 0.15) is 0 Å². The van der Waals surface area contributed by atoms with Crippen LogP contribution in [0.4, 0.5) is 0 Å². The number of hydrogen-bond acceptors (Lipinski definition) is 4. The first kappa shape index (κ1) is 24.8. The van der Waals surface area contributed by atoms with Crippen LogP contribution in [0, 0.1) is 20.8 Å². The maximum atomic E-state index is 14.0. The van der Waals surface area contributed by atoms with Crippen molar-refractivity contribution in [3.8, 4) is 0 Å². The molecule has 3 aromatic rings. The first-order valence-electron chi connectivity index (χ1n) is 11.7. The van der Waals surface area contributed by atoms with E-state index in [4.69, 9.17) is 5.73 Å². The predicted octanol–water partition coefficient (Wildman–Crippen LogP) is 4.03. The van der Waals surface area contributed by atoms with Crippen molar-refractivity contribution < 1.29 is 18.0 Å². The summed E-state index contributed by atoms with van der Waals surface area (Å²) in [7, 11) is -3.91. The van der Waals surface area contributed by atoms with Crippen molar-refractivity contribution in [2.75, 3.05) is 0 Å². The lowest BCUT2D eigenvalue weighted by Gasteiger charge is -2.36. The van der Waals surface area contributed by atoms with Crippen LogP contribution in [0.25, 0.3) is 0 Å². The van der Waals surface area contributed by atoms with Gasteiger partial charge in [0.2, 0.25) is 15.9 Å². The highest BCUT2D eigenvalue weighted by molar-refractivity contribution is 7.89. The molecule has 6 nitrogen and oxygen atoms in total. The minimum Gasteiger partial charge on any atom is -0.366 e. The van der Waals surface area contributed by atoms with E-state index in [0.29, 0.717) is 29.5 Å². The number of amides is 1. The van der Waals surface area contributed by atoms with Gasteiger partial charge in [0.05, 0.1) is 10.9 Å². The molecule has 3 aromatic carbocycles. The van der Waals surface area contributed by atoms with Gasteiger partial charge in [0.25, 0.3) is 0 Å². The van der Waals surface area contributed by atoms with Crippen LogP contribution < -0.4 is 5.73 Å². The van der Waals surface area contributed by atoms with Gasteiger partial charge in [-0.15, -0.1) is 0 Å². The van der Waals surface area contributed by atoms with E-state index in [1.54, 1.807) is 38.1 Å². The molecule has 1 heterocycles. The molecule has 0 aliphatic carbocycles. The van der Waals surface area contributed by atoms with Gasteiger partial charge in [0, 0.05) is 18.5 Å². The molecule has 2 N–H and O–H groups in total. The highest BCUT2D eigenvalue weighted by Crippen LogP contribution is 2.33. The highest BCUT2D eigenvalue weighted by Gasteiger charge is 2.40. The molecule has 0 saturated heterocycles. The van der Waals surface area contributed by atoms with Gasteiger partial charge < -0.3 is 5.73 Å². The Labute approximate surface area is 206 Å². The minimum absolute atomic E-state index is 0.121. The molecule has 0 radical (unpaired) electrons. The zero-order valence-corrected chi connectivity index (χ0v) is 21.1. The second-order valence-corrected chi connectivity index (χ2v) is 11.1. The van der Waals surface area contributed by atoms with Crippen LogP contribution in [0.3, 0.4) is 0 Å². The van der Waals surface area contributed by atoms with Crippen LogP contribution in [0.1, 0.15) is 50.2 Å². The quantitative estimate of drug-likeness (QED) is 0.541. The first-order chi connectivity index (χ1) is 16.6. The van der Waals surface area contributed by atoms with Gasteiger partial charge in [0.15, 0.2) is 5.78 Å². The topological polar surface area (TPSA) is 97.5 Å². The smallest absolute Gasteiger partial charge is 0.248 e. The van der Waals surface area contributed by atoms with Crippen molar-refractivity contribution in [3.05, 3.63) is 99.6 Å². The lowest BCUT2D eigenvalue weighted by atomic mass is 9.91. The summed E-state index contributed by atoms with van der Waals surface area (Å²) in [6.45, 7) is 5.71. The maximum absolute atomic E-state index is 14.0. The largest absolute Gasteiger partial charge is 0.366 e. The monoisotopic (exact) mass is 490 g/mol. The van der Waals surface area contributed by atoms with E-state index in [2.05, 4.69) is 0 Å². The highest BCUT2D eigenvalue weighted by atomic mass is 32.2. The molecule has 1 aliphatic heterocycles. The Kier molecular flexibility index (Phi) is 6.92. The average molecular weight is 491 g/mol. The van der Waals surface area contributed by atoms with E-state index >= 15 is 0 Å². The average Bonchev–Trinajstić information content (AvgIpc) is 2.81. The van der Waals surface area contributed by atoms with E-state index in [-0.39, 0.29) is 23.6 Å². The van der Waals surface area contributed by atoms with Crippen molar-refractivity contribution in [1.82, 2.24) is 4.31 Å². The molecule has 0 saturated carbocycles. The molecule has 4 rings (SSSR count). The second-order valence-electron chi connectivity index (χ2n) is 9.29. The van der Waals surface area contributed by atoms with E-state index in [1.807, 2.05) is 43.3 Å². The third-order valence-electron chi connectivity index (χ3n) is 6.65. The van der Waals surface area contributed by atoms with Gasteiger partial charge >= 0.3 is 0 Å². The fourth-order valence-electron chi connectivity index (χ4n) is 4.99. The summed E-state index contributed by atoms with van der Waals surface area (Å²) >= 11 is 0. The first-order valence-corrected chi connectivity index (χ1v) is 13.1. The summed E-state index contributed by atoms with van der Waals surface area (Å²) in [5.74, 6) is -0.625. The fraction of sp³-hybridized carbons (Fsp3) is 0.286. The van der Waals surface area contributed by atoms with Crippen molar-refractivity contribution in [2.45, 2.75) is 57.5 Å². The lowest BCUT2D eigenvalue weighted by molar-refractivity contribution is -0.123.